The van der Waals surface area contributed by atoms with Gasteiger partial charge in [-0.15, -0.1) is 0 Å². The summed E-state index contributed by atoms with van der Waals surface area (Å²) in [7, 11) is 0. The van der Waals surface area contributed by atoms with Gasteiger partial charge < -0.3 is 14.8 Å². The lowest BCUT2D eigenvalue weighted by atomic mass is 9.93. The molecule has 1 aromatic heterocycles. The topological polar surface area (TPSA) is 45.5 Å². The molecule has 1 saturated heterocycles. The van der Waals surface area contributed by atoms with E-state index in [4.69, 9.17) is 0 Å². The first-order valence-corrected chi connectivity index (χ1v) is 8.25. The van der Waals surface area contributed by atoms with E-state index in [1.165, 1.54) is 0 Å². The van der Waals surface area contributed by atoms with E-state index in [1.807, 2.05) is 12.5 Å². The monoisotopic (exact) mass is 353 g/mol. The number of piperidine rings is 1. The van der Waals surface area contributed by atoms with Gasteiger partial charge in [-0.2, -0.15) is 0 Å². The Morgan fingerprint density at radius 2 is 2.38 bits per heavy atom. The molecule has 1 aliphatic rings. The lowest BCUT2D eigenvalue weighted by Crippen LogP contribution is -2.49. The molecule has 116 valence electrons. The van der Waals surface area contributed by atoms with Crippen molar-refractivity contribution in [3.8, 4) is 0 Å². The summed E-state index contributed by atoms with van der Waals surface area (Å²) >= 11 is 3.37. The number of nitrogens with zero attached hydrogens (tertiary/aromatic N) is 4. The third-order valence-corrected chi connectivity index (χ3v) is 4.11. The number of hydrogen-bond donors (Lipinski definition) is 1. The Hall–Kier alpha value is -1.30. The number of nitrogens with one attached hydrogen (secondary N) is 1. The van der Waals surface area contributed by atoms with Crippen molar-refractivity contribution in [3.63, 3.8) is 0 Å². The van der Waals surface area contributed by atoms with E-state index in [1.54, 1.807) is 0 Å². The molecule has 0 spiro atoms. The standard InChI is InChI=1S/C15H24BrN5/c1-4-18-15(19-9-13(3)16)20-7-5-12(2)14(10-20)21-8-6-17-11-21/h6,8,11-12,14H,3-5,7,9-10H2,1-2H3,(H,18,19). The van der Waals surface area contributed by atoms with Crippen molar-refractivity contribution in [2.75, 3.05) is 26.2 Å². The average Bonchev–Trinajstić information content (AvgIpc) is 2.98. The van der Waals surface area contributed by atoms with Gasteiger partial charge in [0.05, 0.1) is 18.9 Å². The second kappa shape index (κ2) is 7.64. The molecule has 0 saturated carbocycles. The zero-order chi connectivity index (χ0) is 15.2. The van der Waals surface area contributed by atoms with Crippen LogP contribution < -0.4 is 5.32 Å². The summed E-state index contributed by atoms with van der Waals surface area (Å²) in [6.07, 6.45) is 6.96. The van der Waals surface area contributed by atoms with Gasteiger partial charge in [-0.25, -0.2) is 9.98 Å². The van der Waals surface area contributed by atoms with Crippen LogP contribution in [0.2, 0.25) is 0 Å². The number of aliphatic imine (C=N–C) groups is 1. The molecule has 2 rings (SSSR count). The van der Waals surface area contributed by atoms with E-state index in [0.717, 1.165) is 36.5 Å². The summed E-state index contributed by atoms with van der Waals surface area (Å²) < 4.78 is 3.11. The van der Waals surface area contributed by atoms with Crippen molar-refractivity contribution in [2.45, 2.75) is 26.3 Å². The van der Waals surface area contributed by atoms with E-state index in [9.17, 15) is 0 Å². The number of guanidine groups is 1. The van der Waals surface area contributed by atoms with Gasteiger partial charge in [0.15, 0.2) is 5.96 Å². The Morgan fingerprint density at radius 1 is 1.57 bits per heavy atom. The van der Waals surface area contributed by atoms with E-state index in [-0.39, 0.29) is 0 Å². The summed E-state index contributed by atoms with van der Waals surface area (Å²) in [5.41, 5.74) is 0. The van der Waals surface area contributed by atoms with Crippen LogP contribution in [0.15, 0.2) is 34.8 Å². The van der Waals surface area contributed by atoms with Gasteiger partial charge in [-0.1, -0.05) is 29.4 Å². The van der Waals surface area contributed by atoms with Crippen molar-refractivity contribution >= 4 is 21.9 Å². The molecule has 0 amide bonds. The van der Waals surface area contributed by atoms with E-state index in [2.05, 4.69) is 67.3 Å². The van der Waals surface area contributed by atoms with Gasteiger partial charge >= 0.3 is 0 Å². The van der Waals surface area contributed by atoms with Crippen LogP contribution in [-0.4, -0.2) is 46.6 Å². The fourth-order valence-electron chi connectivity index (χ4n) is 2.68. The maximum atomic E-state index is 4.64. The first-order valence-electron chi connectivity index (χ1n) is 7.45. The SMILES string of the molecule is C=C(Br)CN=C(NCC)N1CCC(C)C(n2ccnc2)C1. The summed E-state index contributed by atoms with van der Waals surface area (Å²) in [6, 6.07) is 0.442. The second-order valence-electron chi connectivity index (χ2n) is 5.48. The molecule has 2 unspecified atom stereocenters. The summed E-state index contributed by atoms with van der Waals surface area (Å²) in [4.78, 5) is 11.2. The van der Waals surface area contributed by atoms with Gasteiger partial charge in [0.1, 0.15) is 0 Å². The van der Waals surface area contributed by atoms with E-state index in [0.29, 0.717) is 18.5 Å². The molecule has 0 radical (unpaired) electrons. The van der Waals surface area contributed by atoms with Crippen LogP contribution in [0.5, 0.6) is 0 Å². The molecule has 0 aromatic carbocycles. The van der Waals surface area contributed by atoms with Gasteiger partial charge in [0.2, 0.25) is 0 Å². The smallest absolute Gasteiger partial charge is 0.194 e. The van der Waals surface area contributed by atoms with Gasteiger partial charge in [-0.3, -0.25) is 0 Å². The van der Waals surface area contributed by atoms with Crippen LogP contribution in [0.4, 0.5) is 0 Å². The maximum Gasteiger partial charge on any atom is 0.194 e. The highest BCUT2D eigenvalue weighted by Crippen LogP contribution is 2.27. The largest absolute Gasteiger partial charge is 0.357 e. The molecule has 1 N–H and O–H groups in total. The Morgan fingerprint density at radius 3 is 3.00 bits per heavy atom. The van der Waals surface area contributed by atoms with E-state index >= 15 is 0 Å². The van der Waals surface area contributed by atoms with Gasteiger partial charge in [-0.05, 0) is 19.3 Å². The molecule has 1 aromatic rings. The Labute approximate surface area is 135 Å². The van der Waals surface area contributed by atoms with Crippen LogP contribution in [0.1, 0.15) is 26.3 Å². The molecule has 0 aliphatic carbocycles. The molecule has 2 atom stereocenters. The first-order chi connectivity index (χ1) is 10.1. The number of aromatic nitrogens is 2. The fourth-order valence-corrected chi connectivity index (χ4v) is 2.81. The lowest BCUT2D eigenvalue weighted by Gasteiger charge is -2.39. The van der Waals surface area contributed by atoms with Crippen molar-refractivity contribution < 1.29 is 0 Å². The second-order valence-corrected chi connectivity index (χ2v) is 6.60. The number of rotatable bonds is 4. The van der Waals surface area contributed by atoms with Crippen LogP contribution >= 0.6 is 15.9 Å². The molecule has 1 aliphatic heterocycles. The molecular formula is C15H24BrN5. The quantitative estimate of drug-likeness (QED) is 0.668. The molecule has 0 bridgehead atoms. The molecule has 1 fully saturated rings. The minimum Gasteiger partial charge on any atom is -0.357 e. The van der Waals surface area contributed by atoms with Gasteiger partial charge in [0.25, 0.3) is 0 Å². The van der Waals surface area contributed by atoms with Crippen molar-refractivity contribution in [1.82, 2.24) is 19.8 Å². The Balaban J connectivity index is 2.10. The highest BCUT2D eigenvalue weighted by Gasteiger charge is 2.28. The van der Waals surface area contributed by atoms with E-state index < -0.39 is 0 Å². The number of likely N-dealkylation sites (tertiary alicyclic amines) is 1. The maximum absolute atomic E-state index is 4.64. The molecule has 21 heavy (non-hydrogen) atoms. The minimum absolute atomic E-state index is 0.442. The van der Waals surface area contributed by atoms with Crippen LogP contribution in [-0.2, 0) is 0 Å². The number of hydrogen-bond acceptors (Lipinski definition) is 2. The third kappa shape index (κ3) is 4.33. The highest BCUT2D eigenvalue weighted by atomic mass is 79.9. The predicted octanol–water partition coefficient (Wildman–Crippen LogP) is 2.64. The average molecular weight is 354 g/mol. The molecule has 5 nitrogen and oxygen atoms in total. The fraction of sp³-hybridized carbons (Fsp3) is 0.600. The van der Waals surface area contributed by atoms with Gasteiger partial charge in [0, 0.05) is 36.5 Å². The van der Waals surface area contributed by atoms with Crippen LogP contribution in [0.3, 0.4) is 0 Å². The first kappa shape index (κ1) is 16.1. The number of imidazole rings is 1. The summed E-state index contributed by atoms with van der Waals surface area (Å²) in [6.45, 7) is 11.7. The molecule has 2 heterocycles. The van der Waals surface area contributed by atoms with Crippen LogP contribution in [0.25, 0.3) is 0 Å². The van der Waals surface area contributed by atoms with Crippen molar-refractivity contribution in [1.29, 1.82) is 0 Å². The predicted molar refractivity (Wildman–Crippen MR) is 90.7 cm³/mol. The Bertz CT molecular complexity index is 482. The zero-order valence-electron chi connectivity index (χ0n) is 12.8. The number of halogens is 1. The highest BCUT2D eigenvalue weighted by molar-refractivity contribution is 9.11. The minimum atomic E-state index is 0.442. The zero-order valence-corrected chi connectivity index (χ0v) is 14.4. The summed E-state index contributed by atoms with van der Waals surface area (Å²) in [5, 5.41) is 3.38. The summed E-state index contributed by atoms with van der Waals surface area (Å²) in [5.74, 6) is 1.61. The lowest BCUT2D eigenvalue weighted by molar-refractivity contribution is 0.189. The Kier molecular flexibility index (Phi) is 5.85. The normalized spacial score (nSPS) is 23.2. The van der Waals surface area contributed by atoms with Crippen LogP contribution in [0, 0.1) is 5.92 Å². The van der Waals surface area contributed by atoms with Crippen molar-refractivity contribution in [2.24, 2.45) is 10.9 Å². The molecular weight excluding hydrogens is 330 g/mol. The third-order valence-electron chi connectivity index (χ3n) is 3.86. The van der Waals surface area contributed by atoms with Crippen molar-refractivity contribution in [3.05, 3.63) is 29.8 Å². The molecule has 6 heteroatoms.